The summed E-state index contributed by atoms with van der Waals surface area (Å²) in [5.74, 6) is 0.783. The topological polar surface area (TPSA) is 76.3 Å². The van der Waals surface area contributed by atoms with E-state index in [0.717, 1.165) is 57.1 Å². The van der Waals surface area contributed by atoms with Crippen molar-refractivity contribution in [1.82, 2.24) is 10.6 Å². The van der Waals surface area contributed by atoms with Gasteiger partial charge in [0.05, 0.1) is 6.61 Å². The number of fused-ring (bicyclic) bond motifs is 1. The van der Waals surface area contributed by atoms with Gasteiger partial charge in [0.2, 0.25) is 0 Å². The van der Waals surface area contributed by atoms with Gasteiger partial charge in [0.15, 0.2) is 6.04 Å². The van der Waals surface area contributed by atoms with Gasteiger partial charge < -0.3 is 19.9 Å². The van der Waals surface area contributed by atoms with E-state index in [0.29, 0.717) is 6.54 Å². The third kappa shape index (κ3) is 5.24. The Morgan fingerprint density at radius 3 is 2.58 bits per heavy atom. The minimum atomic E-state index is -0.433. The van der Waals surface area contributed by atoms with Crippen molar-refractivity contribution in [2.24, 2.45) is 0 Å². The molecule has 4 N–H and O–H groups in total. The maximum Gasteiger partial charge on any atom is 0.321 e. The number of carbonyl (C=O) groups excluding carboxylic acids is 2. The maximum atomic E-state index is 13.0. The highest BCUT2D eigenvalue weighted by molar-refractivity contribution is 5.96. The van der Waals surface area contributed by atoms with Crippen LogP contribution >= 0.6 is 0 Å². The first-order valence-electron chi connectivity index (χ1n) is 11.2. The molecule has 0 bridgehead atoms. The number of amides is 3. The molecule has 4 rings (SSSR count). The second kappa shape index (κ2) is 9.94. The van der Waals surface area contributed by atoms with Crippen LogP contribution in [0.2, 0.25) is 0 Å². The van der Waals surface area contributed by atoms with Crippen molar-refractivity contribution in [3.8, 4) is 5.75 Å². The molecule has 164 valence electrons. The number of ether oxygens (including phenoxy) is 1. The first kappa shape index (κ1) is 21.3. The van der Waals surface area contributed by atoms with Crippen molar-refractivity contribution in [3.63, 3.8) is 0 Å². The lowest BCUT2D eigenvalue weighted by molar-refractivity contribution is -1.03. The van der Waals surface area contributed by atoms with Crippen LogP contribution in [0.3, 0.4) is 0 Å². The lowest BCUT2D eigenvalue weighted by Crippen LogP contribution is -3.28. The van der Waals surface area contributed by atoms with Crippen LogP contribution in [0.5, 0.6) is 5.75 Å². The number of hydrogen-bond acceptors (Lipinski definition) is 3. The second-order valence-electron chi connectivity index (χ2n) is 8.32. The molecule has 0 aliphatic carbocycles. The highest BCUT2D eigenvalue weighted by Crippen LogP contribution is 2.25. The van der Waals surface area contributed by atoms with Gasteiger partial charge in [-0.05, 0) is 30.7 Å². The van der Waals surface area contributed by atoms with E-state index >= 15 is 0 Å². The van der Waals surface area contributed by atoms with E-state index in [1.54, 1.807) is 0 Å². The molecule has 0 radical (unpaired) electrons. The molecule has 2 aliphatic rings. The van der Waals surface area contributed by atoms with E-state index in [2.05, 4.69) is 28.8 Å². The van der Waals surface area contributed by atoms with Crippen LogP contribution in [0, 0.1) is 0 Å². The van der Waals surface area contributed by atoms with E-state index in [-0.39, 0.29) is 11.9 Å². The minimum absolute atomic E-state index is 0.241. The smallest absolute Gasteiger partial charge is 0.321 e. The Labute approximate surface area is 183 Å². The van der Waals surface area contributed by atoms with Crippen molar-refractivity contribution < 1.29 is 24.1 Å². The van der Waals surface area contributed by atoms with Crippen LogP contribution in [-0.2, 0) is 17.8 Å². The Morgan fingerprint density at radius 2 is 1.84 bits per heavy atom. The molecule has 2 aliphatic heterocycles. The van der Waals surface area contributed by atoms with Crippen LogP contribution in [0.25, 0.3) is 0 Å². The average Bonchev–Trinajstić information content (AvgIpc) is 3.24. The number of nitrogens with one attached hydrogen (secondary N) is 4. The quantitative estimate of drug-likeness (QED) is 0.505. The standard InChI is InChI=1S/C24H30N4O3/c1-2-25-24(30)26-23(29)22(19-6-4-3-5-7-19)28-13-11-27(12-14-28)17-18-8-9-21-20(16-18)10-15-31-21/h3-9,16,22H,2,10-15,17H2,1H3,(H2,25,26,29,30)/p+2/t22-/m1/s1. The largest absolute Gasteiger partial charge is 0.493 e. The highest BCUT2D eigenvalue weighted by Gasteiger charge is 2.36. The van der Waals surface area contributed by atoms with Gasteiger partial charge >= 0.3 is 6.03 Å². The van der Waals surface area contributed by atoms with Crippen molar-refractivity contribution >= 4 is 11.9 Å². The number of hydrogen-bond donors (Lipinski definition) is 4. The van der Waals surface area contributed by atoms with Gasteiger partial charge in [0.1, 0.15) is 38.5 Å². The van der Waals surface area contributed by atoms with Gasteiger partial charge in [-0.2, -0.15) is 0 Å². The number of rotatable bonds is 6. The fraction of sp³-hybridized carbons (Fsp3) is 0.417. The molecule has 1 atom stereocenters. The zero-order valence-corrected chi connectivity index (χ0v) is 18.1. The molecule has 7 nitrogen and oxygen atoms in total. The van der Waals surface area contributed by atoms with Crippen molar-refractivity contribution in [1.29, 1.82) is 0 Å². The number of carbonyl (C=O) groups is 2. The summed E-state index contributed by atoms with van der Waals surface area (Å²) in [6, 6.07) is 15.5. The summed E-state index contributed by atoms with van der Waals surface area (Å²) in [5.41, 5.74) is 3.60. The maximum absolute atomic E-state index is 13.0. The Bertz CT molecular complexity index is 910. The molecule has 1 saturated heterocycles. The molecule has 2 heterocycles. The fourth-order valence-electron chi connectivity index (χ4n) is 4.64. The van der Waals surface area contributed by atoms with E-state index < -0.39 is 6.03 Å². The molecule has 2 aromatic rings. The number of urea groups is 1. The van der Waals surface area contributed by atoms with Gasteiger partial charge in [-0.3, -0.25) is 10.1 Å². The summed E-state index contributed by atoms with van der Waals surface area (Å²) >= 11 is 0. The van der Waals surface area contributed by atoms with Crippen molar-refractivity contribution in [3.05, 3.63) is 65.2 Å². The zero-order valence-electron chi connectivity index (χ0n) is 18.1. The Morgan fingerprint density at radius 1 is 1.06 bits per heavy atom. The van der Waals surface area contributed by atoms with Gasteiger partial charge in [-0.25, -0.2) is 4.79 Å². The zero-order chi connectivity index (χ0) is 21.6. The SMILES string of the molecule is CCNC(=O)NC(=O)[C@@H](c1ccccc1)[NH+]1CC[NH+](Cc2ccc3c(c2)CCO3)CC1. The molecule has 7 heteroatoms. The number of imide groups is 1. The monoisotopic (exact) mass is 424 g/mol. The minimum Gasteiger partial charge on any atom is -0.493 e. The lowest BCUT2D eigenvalue weighted by Gasteiger charge is -2.34. The van der Waals surface area contributed by atoms with Crippen molar-refractivity contribution in [2.45, 2.75) is 25.9 Å². The van der Waals surface area contributed by atoms with E-state index in [1.807, 2.05) is 37.3 Å². The highest BCUT2D eigenvalue weighted by atomic mass is 16.5. The van der Waals surface area contributed by atoms with Crippen LogP contribution in [0.15, 0.2) is 48.5 Å². The third-order valence-electron chi connectivity index (χ3n) is 6.18. The molecular formula is C24H32N4O3+2. The third-order valence-corrected chi connectivity index (χ3v) is 6.18. The first-order chi connectivity index (χ1) is 15.1. The second-order valence-corrected chi connectivity index (χ2v) is 8.32. The average molecular weight is 425 g/mol. The Hall–Kier alpha value is -2.90. The predicted molar refractivity (Wildman–Crippen MR) is 117 cm³/mol. The summed E-state index contributed by atoms with van der Waals surface area (Å²) in [6.45, 7) is 7.83. The molecule has 31 heavy (non-hydrogen) atoms. The molecule has 0 aromatic heterocycles. The fourth-order valence-corrected chi connectivity index (χ4v) is 4.64. The number of benzene rings is 2. The van der Waals surface area contributed by atoms with Gasteiger partial charge in [0, 0.05) is 24.1 Å². The summed E-state index contributed by atoms with van der Waals surface area (Å²) in [6.07, 6.45) is 0.996. The van der Waals surface area contributed by atoms with Crippen molar-refractivity contribution in [2.75, 3.05) is 39.3 Å². The lowest BCUT2D eigenvalue weighted by atomic mass is 10.0. The van der Waals surface area contributed by atoms with Crippen LogP contribution in [0.1, 0.15) is 29.7 Å². The van der Waals surface area contributed by atoms with Gasteiger partial charge in [-0.15, -0.1) is 0 Å². The van der Waals surface area contributed by atoms with Crippen LogP contribution in [-0.4, -0.2) is 51.3 Å². The molecule has 0 spiro atoms. The van der Waals surface area contributed by atoms with Crippen LogP contribution in [0.4, 0.5) is 4.79 Å². The summed E-state index contributed by atoms with van der Waals surface area (Å²) in [7, 11) is 0. The van der Waals surface area contributed by atoms with E-state index in [9.17, 15) is 9.59 Å². The summed E-state index contributed by atoms with van der Waals surface area (Å²) < 4.78 is 5.61. The number of piperazine rings is 1. The Kier molecular flexibility index (Phi) is 6.84. The summed E-state index contributed by atoms with van der Waals surface area (Å²) in [4.78, 5) is 27.7. The van der Waals surface area contributed by atoms with Crippen LogP contribution < -0.4 is 25.2 Å². The molecule has 0 saturated carbocycles. The predicted octanol–water partition coefficient (Wildman–Crippen LogP) is -0.508. The first-order valence-corrected chi connectivity index (χ1v) is 11.2. The number of quaternary nitrogens is 2. The van der Waals surface area contributed by atoms with Gasteiger partial charge in [-0.1, -0.05) is 30.3 Å². The molecule has 3 amide bonds. The molecule has 2 aromatic carbocycles. The van der Waals surface area contributed by atoms with E-state index in [4.69, 9.17) is 4.74 Å². The van der Waals surface area contributed by atoms with Gasteiger partial charge in [0.25, 0.3) is 5.91 Å². The molecule has 0 unspecified atom stereocenters. The normalized spacial score (nSPS) is 20.9. The van der Waals surface area contributed by atoms with E-state index in [1.165, 1.54) is 20.9 Å². The molecular weight excluding hydrogens is 392 g/mol. The molecule has 1 fully saturated rings. The summed E-state index contributed by atoms with van der Waals surface area (Å²) in [5, 5.41) is 5.17. The Balaban J connectivity index is 1.40.